The molecule has 0 fully saturated rings. The number of hydrogen-bond donors (Lipinski definition) is 6. The quantitative estimate of drug-likeness (QED) is 0.238. The summed E-state index contributed by atoms with van der Waals surface area (Å²) < 4.78 is 0. The third-order valence-electron chi connectivity index (χ3n) is 0.302. The Kier molecular flexibility index (Phi) is 16.5. The van der Waals surface area contributed by atoms with Gasteiger partial charge < -0.3 is 30.6 Å². The summed E-state index contributed by atoms with van der Waals surface area (Å²) in [6, 6.07) is 0. The second-order valence-electron chi connectivity index (χ2n) is 2.23. The molecule has 0 saturated heterocycles. The first-order chi connectivity index (χ1) is 6.59. The van der Waals surface area contributed by atoms with Crippen LogP contribution >= 0.6 is 0 Å². The van der Waals surface area contributed by atoms with Gasteiger partial charge in [-0.3, -0.25) is 9.59 Å². The molecule has 0 aliphatic carbocycles. The van der Waals surface area contributed by atoms with Crippen molar-refractivity contribution in [3.05, 3.63) is 0 Å². The van der Waals surface area contributed by atoms with Crippen LogP contribution in [0.25, 0.3) is 0 Å². The van der Waals surface area contributed by atoms with Gasteiger partial charge >= 0.3 is 11.9 Å². The van der Waals surface area contributed by atoms with Crippen molar-refractivity contribution in [2.24, 2.45) is 0 Å². The maximum absolute atomic E-state index is 9.43. The number of rotatable bonds is 2. The van der Waals surface area contributed by atoms with Crippen molar-refractivity contribution >= 4 is 11.9 Å². The molecule has 0 aromatic rings. The first kappa shape index (κ1) is 19.4. The zero-order valence-corrected chi connectivity index (χ0v) is 8.36. The Morgan fingerprint density at radius 3 is 1.00 bits per heavy atom. The van der Waals surface area contributed by atoms with Crippen molar-refractivity contribution in [1.29, 1.82) is 0 Å². The van der Waals surface area contributed by atoms with Gasteiger partial charge in [0, 0.05) is 0 Å². The van der Waals surface area contributed by atoms with Gasteiger partial charge in [0.1, 0.15) is 19.0 Å². The lowest BCUT2D eigenvalue weighted by molar-refractivity contribution is -0.147. The van der Waals surface area contributed by atoms with E-state index in [2.05, 4.69) is 0 Å². The Morgan fingerprint density at radius 1 is 0.867 bits per heavy atom. The van der Waals surface area contributed by atoms with Crippen LogP contribution in [-0.2, 0) is 9.59 Å². The Bertz CT molecular complexity index is 141. The second-order valence-corrected chi connectivity index (χ2v) is 2.23. The van der Waals surface area contributed by atoms with Gasteiger partial charge in [0.15, 0.2) is 0 Å². The number of aliphatic hydroxyl groups is 4. The average Bonchev–Trinajstić information content (AvgIpc) is 1.78. The van der Waals surface area contributed by atoms with E-state index in [9.17, 15) is 9.59 Å². The maximum Gasteiger partial charge on any atom is 0.314 e. The van der Waals surface area contributed by atoms with Crippen molar-refractivity contribution in [2.75, 3.05) is 0 Å². The summed E-state index contributed by atoms with van der Waals surface area (Å²) in [7, 11) is 0. The molecule has 0 aliphatic heterocycles. The summed E-state index contributed by atoms with van der Waals surface area (Å²) >= 11 is 0. The predicted molar refractivity (Wildman–Crippen MR) is 47.7 cm³/mol. The van der Waals surface area contributed by atoms with Crippen LogP contribution < -0.4 is 0 Å². The zero-order valence-electron chi connectivity index (χ0n) is 8.36. The molecule has 92 valence electrons. The van der Waals surface area contributed by atoms with E-state index >= 15 is 0 Å². The highest BCUT2D eigenvalue weighted by atomic mass is 16.5. The maximum atomic E-state index is 9.43. The molecule has 0 atom stereocenters. The molecule has 0 aliphatic rings. The molecule has 0 spiro atoms. The number of carbonyl (C=O) groups is 2. The van der Waals surface area contributed by atoms with E-state index in [-0.39, 0.29) is 0 Å². The monoisotopic (exact) mass is 228 g/mol. The average molecular weight is 228 g/mol. The fourth-order valence-corrected chi connectivity index (χ4v) is 0.129. The van der Waals surface area contributed by atoms with Crippen molar-refractivity contribution in [3.63, 3.8) is 0 Å². The van der Waals surface area contributed by atoms with Crippen LogP contribution in [0.1, 0.15) is 20.3 Å². The molecular weight excluding hydrogens is 212 g/mol. The van der Waals surface area contributed by atoms with Gasteiger partial charge in [0.05, 0.1) is 0 Å². The van der Waals surface area contributed by atoms with Gasteiger partial charge in [0.2, 0.25) is 0 Å². The Labute approximate surface area is 86.0 Å². The SMILES string of the molecule is CC(O)O.CC(O)O.O=C(O)CC(=O)O. The summed E-state index contributed by atoms with van der Waals surface area (Å²) in [5, 5.41) is 45.9. The highest BCUT2D eigenvalue weighted by molar-refractivity contribution is 5.88. The lowest BCUT2D eigenvalue weighted by Gasteiger charge is -1.80. The Balaban J connectivity index is -0.000000155. The van der Waals surface area contributed by atoms with Crippen molar-refractivity contribution in [1.82, 2.24) is 0 Å². The third kappa shape index (κ3) is 192. The second kappa shape index (κ2) is 12.8. The highest BCUT2D eigenvalue weighted by Crippen LogP contribution is 1.74. The van der Waals surface area contributed by atoms with Crippen molar-refractivity contribution in [2.45, 2.75) is 32.8 Å². The van der Waals surface area contributed by atoms with E-state index in [1.54, 1.807) is 0 Å². The molecule has 0 amide bonds. The van der Waals surface area contributed by atoms with Crippen LogP contribution in [-0.4, -0.2) is 55.2 Å². The van der Waals surface area contributed by atoms with Crippen molar-refractivity contribution in [3.8, 4) is 0 Å². The first-order valence-electron chi connectivity index (χ1n) is 3.75. The molecule has 15 heavy (non-hydrogen) atoms. The lowest BCUT2D eigenvalue weighted by Crippen LogP contribution is -2.03. The molecule has 0 rings (SSSR count). The fourth-order valence-electron chi connectivity index (χ4n) is 0.129. The van der Waals surface area contributed by atoms with E-state index in [4.69, 9.17) is 30.6 Å². The van der Waals surface area contributed by atoms with Crippen LogP contribution in [0.2, 0.25) is 0 Å². The summed E-state index contributed by atoms with van der Waals surface area (Å²) in [6.45, 7) is 2.56. The number of aliphatic hydroxyl groups excluding tert-OH is 2. The number of carboxylic acids is 2. The summed E-state index contributed by atoms with van der Waals surface area (Å²) in [5.41, 5.74) is 0. The number of carboxylic acid groups (broad SMARTS) is 2. The largest absolute Gasteiger partial charge is 0.481 e. The van der Waals surface area contributed by atoms with Crippen molar-refractivity contribution < 1.29 is 40.2 Å². The molecule has 0 unspecified atom stereocenters. The van der Waals surface area contributed by atoms with Gasteiger partial charge in [-0.1, -0.05) is 0 Å². The van der Waals surface area contributed by atoms with Crippen LogP contribution in [0.15, 0.2) is 0 Å². The minimum Gasteiger partial charge on any atom is -0.481 e. The standard InChI is InChI=1S/C3H4O4.2C2H6O2/c4-2(5)1-3(6)7;2*1-2(3)4/h1H2,(H,4,5)(H,6,7);2*2-4H,1H3. The summed E-state index contributed by atoms with van der Waals surface area (Å²) in [5.74, 6) is -2.62. The van der Waals surface area contributed by atoms with Gasteiger partial charge in [-0.25, -0.2) is 0 Å². The predicted octanol–water partition coefficient (Wildman–Crippen LogP) is -1.82. The zero-order chi connectivity index (χ0) is 13.0. The topological polar surface area (TPSA) is 156 Å². The first-order valence-corrected chi connectivity index (χ1v) is 3.75. The van der Waals surface area contributed by atoms with Crippen LogP contribution in [0.3, 0.4) is 0 Å². The molecule has 0 saturated carbocycles. The molecule has 0 aromatic heterocycles. The number of hydrogen-bond acceptors (Lipinski definition) is 6. The molecule has 0 heterocycles. The lowest BCUT2D eigenvalue weighted by atomic mass is 10.5. The Morgan fingerprint density at radius 2 is 1.00 bits per heavy atom. The Hall–Kier alpha value is -1.22. The van der Waals surface area contributed by atoms with E-state index in [0.717, 1.165) is 0 Å². The smallest absolute Gasteiger partial charge is 0.314 e. The summed E-state index contributed by atoms with van der Waals surface area (Å²) in [4.78, 5) is 18.9. The number of aliphatic carboxylic acids is 2. The van der Waals surface area contributed by atoms with Gasteiger partial charge in [-0.2, -0.15) is 0 Å². The molecule has 8 nitrogen and oxygen atoms in total. The minimum absolute atomic E-state index is 0.806. The van der Waals surface area contributed by atoms with E-state index < -0.39 is 30.9 Å². The van der Waals surface area contributed by atoms with Crippen LogP contribution in [0.4, 0.5) is 0 Å². The molecule has 0 bridgehead atoms. The molecule has 8 heteroatoms. The normalized spacial score (nSPS) is 8.53. The fraction of sp³-hybridized carbons (Fsp3) is 0.714. The third-order valence-corrected chi connectivity index (χ3v) is 0.302. The van der Waals surface area contributed by atoms with E-state index in [0.29, 0.717) is 0 Å². The van der Waals surface area contributed by atoms with Gasteiger partial charge in [-0.15, -0.1) is 0 Å². The highest BCUT2D eigenvalue weighted by Gasteiger charge is 2.01. The molecule has 0 aromatic carbocycles. The van der Waals surface area contributed by atoms with E-state index in [1.165, 1.54) is 13.8 Å². The molecular formula is C7H16O8. The summed E-state index contributed by atoms with van der Waals surface area (Å²) in [6.07, 6.45) is -3.14. The van der Waals surface area contributed by atoms with Crippen LogP contribution in [0, 0.1) is 0 Å². The van der Waals surface area contributed by atoms with Crippen LogP contribution in [0.5, 0.6) is 0 Å². The van der Waals surface area contributed by atoms with E-state index in [1.807, 2.05) is 0 Å². The molecule has 0 radical (unpaired) electrons. The minimum atomic E-state index is -1.31. The molecule has 6 N–H and O–H groups in total. The van der Waals surface area contributed by atoms with Gasteiger partial charge in [0.25, 0.3) is 0 Å². The van der Waals surface area contributed by atoms with Gasteiger partial charge in [-0.05, 0) is 13.8 Å².